The molecular weight excluding hydrogens is 482 g/mol. The van der Waals surface area contributed by atoms with Gasteiger partial charge in [0.15, 0.2) is 0 Å². The smallest absolute Gasteiger partial charge is 0.430 e. The maximum Gasteiger partial charge on any atom is 0.430 e. The first-order valence-electron chi connectivity index (χ1n) is 9.45. The molecular formula is C23H15F6N2O2S-. The molecule has 0 saturated heterocycles. The molecule has 4 nitrogen and oxygen atoms in total. The van der Waals surface area contributed by atoms with Crippen molar-refractivity contribution in [2.75, 3.05) is 0 Å². The molecule has 3 aromatic carbocycles. The van der Waals surface area contributed by atoms with E-state index in [2.05, 4.69) is 4.99 Å². The largest absolute Gasteiger partial charge is 0.768 e. The second-order valence-corrected chi connectivity index (χ2v) is 7.89. The van der Waals surface area contributed by atoms with E-state index >= 15 is 0 Å². The van der Waals surface area contributed by atoms with Gasteiger partial charge in [-0.3, -0.25) is 4.21 Å². The van der Waals surface area contributed by atoms with Gasteiger partial charge < -0.3 is 10.3 Å². The Morgan fingerprint density at radius 3 is 2.12 bits per heavy atom. The van der Waals surface area contributed by atoms with E-state index in [0.29, 0.717) is 17.2 Å². The van der Waals surface area contributed by atoms with Gasteiger partial charge in [-0.05, 0) is 58.6 Å². The molecule has 11 heteroatoms. The Kier molecular flexibility index (Phi) is 7.27. The lowest BCUT2D eigenvalue weighted by Crippen LogP contribution is -2.21. The van der Waals surface area contributed by atoms with Gasteiger partial charge in [0.2, 0.25) is 0 Å². The predicted octanol–water partition coefficient (Wildman–Crippen LogP) is 6.14. The first kappa shape index (κ1) is 25.2. The lowest BCUT2D eigenvalue weighted by molar-refractivity contribution is -0.137. The molecule has 0 aromatic heterocycles. The van der Waals surface area contributed by atoms with Gasteiger partial charge in [-0.2, -0.15) is 26.3 Å². The number of hydrogen-bond donors (Lipinski definition) is 1. The highest BCUT2D eigenvalue weighted by Gasteiger charge is 2.35. The summed E-state index contributed by atoms with van der Waals surface area (Å²) in [4.78, 5) is 4.05. The summed E-state index contributed by atoms with van der Waals surface area (Å²) < 4.78 is 102. The molecule has 34 heavy (non-hydrogen) atoms. The number of aliphatic imine (C=N–C) groups is 1. The van der Waals surface area contributed by atoms with Crippen LogP contribution in [-0.4, -0.2) is 20.6 Å². The Morgan fingerprint density at radius 2 is 1.53 bits per heavy atom. The van der Waals surface area contributed by atoms with Gasteiger partial charge in [-0.15, -0.1) is 0 Å². The number of halogens is 6. The van der Waals surface area contributed by atoms with Crippen LogP contribution in [0.1, 0.15) is 11.1 Å². The van der Waals surface area contributed by atoms with Crippen LogP contribution in [0.3, 0.4) is 0 Å². The van der Waals surface area contributed by atoms with Crippen molar-refractivity contribution >= 4 is 22.5 Å². The molecule has 0 heterocycles. The lowest BCUT2D eigenvalue weighted by atomic mass is 10.0. The Morgan fingerprint density at radius 1 is 0.882 bits per heavy atom. The first-order chi connectivity index (χ1) is 15.9. The number of allylic oxidation sites excluding steroid dienone is 2. The molecule has 3 rings (SSSR count). The van der Waals surface area contributed by atoms with Gasteiger partial charge in [0.05, 0.1) is 17.0 Å². The Labute approximate surface area is 192 Å². The van der Waals surface area contributed by atoms with Gasteiger partial charge in [0, 0.05) is 10.5 Å². The summed E-state index contributed by atoms with van der Waals surface area (Å²) in [5.74, 6) is 0. The number of benzene rings is 3. The van der Waals surface area contributed by atoms with Crippen LogP contribution in [0, 0.1) is 0 Å². The van der Waals surface area contributed by atoms with Crippen molar-refractivity contribution in [3.05, 3.63) is 95.7 Å². The van der Waals surface area contributed by atoms with Crippen LogP contribution >= 0.6 is 0 Å². The van der Waals surface area contributed by atoms with E-state index in [9.17, 15) is 35.1 Å². The molecule has 1 atom stereocenters. The zero-order valence-corrected chi connectivity index (χ0v) is 17.8. The van der Waals surface area contributed by atoms with Gasteiger partial charge in [0.1, 0.15) is 5.70 Å². The summed E-state index contributed by atoms with van der Waals surface area (Å²) in [5, 5.41) is 0. The molecule has 2 N–H and O–H groups in total. The summed E-state index contributed by atoms with van der Waals surface area (Å²) in [6.07, 6.45) is -9.45. The summed E-state index contributed by atoms with van der Waals surface area (Å²) in [6, 6.07) is 15.9. The third kappa shape index (κ3) is 6.12. The fourth-order valence-corrected chi connectivity index (χ4v) is 3.41. The number of nitrogens with two attached hydrogens (primary N) is 1. The van der Waals surface area contributed by atoms with Crippen LogP contribution in [0.5, 0.6) is 0 Å². The number of hydrogen-bond acceptors (Lipinski definition) is 4. The first-order valence-corrected chi connectivity index (χ1v) is 10.5. The van der Waals surface area contributed by atoms with E-state index < -0.39 is 46.0 Å². The molecule has 0 bridgehead atoms. The molecule has 3 aromatic rings. The van der Waals surface area contributed by atoms with Gasteiger partial charge in [-0.25, -0.2) is 4.99 Å². The second kappa shape index (κ2) is 9.82. The molecule has 178 valence electrons. The highest BCUT2D eigenvalue weighted by molar-refractivity contribution is 7.79. The number of alkyl halides is 6. The highest BCUT2D eigenvalue weighted by Crippen LogP contribution is 2.34. The summed E-state index contributed by atoms with van der Waals surface area (Å²) >= 11 is -2.44. The van der Waals surface area contributed by atoms with Crippen LogP contribution in [-0.2, 0) is 17.3 Å². The van der Waals surface area contributed by atoms with Crippen molar-refractivity contribution in [2.45, 2.75) is 17.2 Å². The topological polar surface area (TPSA) is 78.5 Å². The van der Waals surface area contributed by atoms with Crippen molar-refractivity contribution in [2.24, 2.45) is 10.7 Å². The summed E-state index contributed by atoms with van der Waals surface area (Å²) in [6.45, 7) is 0. The monoisotopic (exact) mass is 497 g/mol. The minimum atomic E-state index is -4.97. The minimum Gasteiger partial charge on any atom is -0.768 e. The molecule has 0 aliphatic heterocycles. The van der Waals surface area contributed by atoms with Crippen LogP contribution in [0.15, 0.2) is 94.5 Å². The van der Waals surface area contributed by atoms with Crippen molar-refractivity contribution in [1.82, 2.24) is 0 Å². The zero-order chi connectivity index (χ0) is 25.1. The molecule has 0 amide bonds. The Balaban J connectivity index is 2.10. The van der Waals surface area contributed by atoms with Crippen molar-refractivity contribution in [3.8, 4) is 11.1 Å². The fourth-order valence-electron chi connectivity index (χ4n) is 3.00. The third-order valence-electron chi connectivity index (χ3n) is 4.60. The maximum atomic E-state index is 13.5. The van der Waals surface area contributed by atoms with Crippen molar-refractivity contribution in [1.29, 1.82) is 0 Å². The molecule has 0 aliphatic rings. The lowest BCUT2D eigenvalue weighted by Gasteiger charge is -2.14. The summed E-state index contributed by atoms with van der Waals surface area (Å²) in [7, 11) is 0. The second-order valence-electron chi connectivity index (χ2n) is 6.95. The van der Waals surface area contributed by atoms with E-state index in [1.165, 1.54) is 48.5 Å². The van der Waals surface area contributed by atoms with Gasteiger partial charge in [0.25, 0.3) is 0 Å². The standard InChI is InChI=1S/C23H16F6N2O2S/c24-22(25,26)19-7-2-1-6-18(19)20(13-21(30)23(27,28)29)31-16-10-8-14(9-11-16)15-4-3-5-17(12-15)34(32)33/h1-13H,30H2,(H,32,33)/p-1. The normalized spacial score (nSPS) is 14.2. The number of nitrogens with zero attached hydrogens (tertiary/aromatic N) is 1. The van der Waals surface area contributed by atoms with Crippen molar-refractivity contribution in [3.63, 3.8) is 0 Å². The van der Waals surface area contributed by atoms with E-state index in [1.807, 2.05) is 0 Å². The quantitative estimate of drug-likeness (QED) is 0.261. The Bertz CT molecular complexity index is 1270. The van der Waals surface area contributed by atoms with Crippen LogP contribution in [0.25, 0.3) is 11.1 Å². The molecule has 1 unspecified atom stereocenters. The maximum absolute atomic E-state index is 13.5. The van der Waals surface area contributed by atoms with Crippen LogP contribution < -0.4 is 5.73 Å². The minimum absolute atomic E-state index is 0.0541. The van der Waals surface area contributed by atoms with Crippen molar-refractivity contribution < 1.29 is 35.1 Å². The summed E-state index contributed by atoms with van der Waals surface area (Å²) in [5.41, 5.74) is 2.26. The predicted molar refractivity (Wildman–Crippen MR) is 115 cm³/mol. The molecule has 0 fully saturated rings. The Hall–Kier alpha value is -3.44. The zero-order valence-electron chi connectivity index (χ0n) is 17.0. The van der Waals surface area contributed by atoms with Crippen LogP contribution in [0.2, 0.25) is 0 Å². The molecule has 0 radical (unpaired) electrons. The van der Waals surface area contributed by atoms with Gasteiger partial charge in [-0.1, -0.05) is 42.5 Å². The number of rotatable bonds is 5. The van der Waals surface area contributed by atoms with E-state index in [-0.39, 0.29) is 10.6 Å². The fraction of sp³-hybridized carbons (Fsp3) is 0.0870. The van der Waals surface area contributed by atoms with Crippen LogP contribution in [0.4, 0.5) is 32.0 Å². The average Bonchev–Trinajstić information content (AvgIpc) is 2.78. The van der Waals surface area contributed by atoms with E-state index in [4.69, 9.17) is 5.73 Å². The molecule has 0 aliphatic carbocycles. The molecule has 0 saturated carbocycles. The van der Waals surface area contributed by atoms with Gasteiger partial charge >= 0.3 is 12.4 Å². The third-order valence-corrected chi connectivity index (χ3v) is 5.24. The van der Waals surface area contributed by atoms with E-state index in [1.54, 1.807) is 6.07 Å². The molecule has 0 spiro atoms. The SMILES string of the molecule is NC(=CC(=Nc1ccc(-c2cccc(S(=O)[O-])c2)cc1)c1ccccc1C(F)(F)F)C(F)(F)F. The van der Waals surface area contributed by atoms with E-state index in [0.717, 1.165) is 18.2 Å². The average molecular weight is 497 g/mol. The highest BCUT2D eigenvalue weighted by atomic mass is 32.2.